The molecule has 0 N–H and O–H groups in total. The summed E-state index contributed by atoms with van der Waals surface area (Å²) in [6.07, 6.45) is 12.3. The summed E-state index contributed by atoms with van der Waals surface area (Å²) in [5, 5.41) is 0. The van der Waals surface area contributed by atoms with E-state index in [1.165, 1.54) is 0 Å². The summed E-state index contributed by atoms with van der Waals surface area (Å²) in [6.45, 7) is 1.63. The number of nitrogens with zero attached hydrogens (tertiary/aromatic N) is 6. The first-order valence-corrected chi connectivity index (χ1v) is 8.39. The molecule has 7 nitrogen and oxygen atoms in total. The van der Waals surface area contributed by atoms with Crippen molar-refractivity contribution in [1.82, 2.24) is 24.4 Å². The molecular weight excluding hydrogens is 304 g/mol. The Bertz CT molecular complexity index is 669. The van der Waals surface area contributed by atoms with Gasteiger partial charge in [0.25, 0.3) is 0 Å². The van der Waals surface area contributed by atoms with Crippen LogP contribution in [0.5, 0.6) is 0 Å². The number of hydrogen-bond acceptors (Lipinski definition) is 5. The third-order valence-corrected chi connectivity index (χ3v) is 4.38. The molecule has 2 aromatic heterocycles. The molecule has 1 amide bonds. The highest BCUT2D eigenvalue weighted by molar-refractivity contribution is 5.77. The number of anilines is 1. The lowest BCUT2D eigenvalue weighted by Crippen LogP contribution is -2.31. The number of aryl methyl sites for hydroxylation is 1. The maximum atomic E-state index is 12.6. The molecule has 3 heterocycles. The van der Waals surface area contributed by atoms with Crippen molar-refractivity contribution in [3.05, 3.63) is 36.8 Å². The summed E-state index contributed by atoms with van der Waals surface area (Å²) < 4.78 is 2.00. The van der Waals surface area contributed by atoms with E-state index in [4.69, 9.17) is 0 Å². The zero-order chi connectivity index (χ0) is 16.9. The van der Waals surface area contributed by atoms with Crippen molar-refractivity contribution in [3.63, 3.8) is 0 Å². The van der Waals surface area contributed by atoms with Gasteiger partial charge in [-0.3, -0.25) is 9.78 Å². The number of rotatable bonds is 6. The molecule has 7 heteroatoms. The smallest absolute Gasteiger partial charge is 0.223 e. The molecule has 1 atom stereocenters. The average Bonchev–Trinajstić information content (AvgIpc) is 3.26. The second-order valence-corrected chi connectivity index (χ2v) is 6.35. The predicted octanol–water partition coefficient (Wildman–Crippen LogP) is 1.88. The van der Waals surface area contributed by atoms with Gasteiger partial charge in [-0.05, 0) is 19.3 Å². The first-order chi connectivity index (χ1) is 11.6. The molecule has 0 bridgehead atoms. The van der Waals surface area contributed by atoms with Crippen LogP contribution in [0.15, 0.2) is 31.1 Å². The van der Waals surface area contributed by atoms with Gasteiger partial charge in [-0.15, -0.1) is 0 Å². The number of carbonyl (C=O) groups is 1. The van der Waals surface area contributed by atoms with Crippen LogP contribution in [-0.2, 0) is 11.3 Å². The number of likely N-dealkylation sites (tertiary alicyclic amines) is 1. The van der Waals surface area contributed by atoms with Gasteiger partial charge in [-0.1, -0.05) is 0 Å². The lowest BCUT2D eigenvalue weighted by Gasteiger charge is -2.25. The van der Waals surface area contributed by atoms with Crippen LogP contribution in [0.2, 0.25) is 0 Å². The van der Waals surface area contributed by atoms with Gasteiger partial charge < -0.3 is 14.4 Å². The molecular formula is C17H24N6O. The standard InChI is InChI=1S/C17H24N6O/c1-21(2)16-12-19-11-14(20-16)15-5-3-9-23(15)17(24)6-4-8-22-10-7-18-13-22/h7,10-13,15H,3-6,8-9H2,1-2H3/t15-/m1/s1. The third kappa shape index (κ3) is 3.72. The van der Waals surface area contributed by atoms with Crippen molar-refractivity contribution in [1.29, 1.82) is 0 Å². The van der Waals surface area contributed by atoms with Crippen LogP contribution < -0.4 is 4.90 Å². The fraction of sp³-hybridized carbons (Fsp3) is 0.529. The van der Waals surface area contributed by atoms with Gasteiger partial charge in [-0.2, -0.15) is 0 Å². The maximum absolute atomic E-state index is 12.6. The van der Waals surface area contributed by atoms with E-state index < -0.39 is 0 Å². The minimum atomic E-state index is 0.0538. The molecule has 0 aromatic carbocycles. The highest BCUT2D eigenvalue weighted by Crippen LogP contribution is 2.31. The zero-order valence-corrected chi connectivity index (χ0v) is 14.3. The zero-order valence-electron chi connectivity index (χ0n) is 14.3. The first-order valence-electron chi connectivity index (χ1n) is 8.39. The van der Waals surface area contributed by atoms with E-state index in [-0.39, 0.29) is 11.9 Å². The lowest BCUT2D eigenvalue weighted by atomic mass is 10.1. The number of amides is 1. The number of carbonyl (C=O) groups excluding carboxylic acids is 1. The second kappa shape index (κ2) is 7.42. The van der Waals surface area contributed by atoms with E-state index in [0.29, 0.717) is 6.42 Å². The van der Waals surface area contributed by atoms with Crippen LogP contribution in [0.1, 0.15) is 37.4 Å². The molecule has 0 spiro atoms. The van der Waals surface area contributed by atoms with E-state index in [2.05, 4.69) is 15.0 Å². The third-order valence-electron chi connectivity index (χ3n) is 4.38. The van der Waals surface area contributed by atoms with Crippen molar-refractivity contribution in [3.8, 4) is 0 Å². The fourth-order valence-corrected chi connectivity index (χ4v) is 3.09. The average molecular weight is 328 g/mol. The molecule has 1 aliphatic heterocycles. The van der Waals surface area contributed by atoms with Crippen LogP contribution in [0, 0.1) is 0 Å². The molecule has 3 rings (SSSR count). The molecule has 0 radical (unpaired) electrons. The SMILES string of the molecule is CN(C)c1cncc([C@H]2CCCN2C(=O)CCCn2ccnc2)n1. The van der Waals surface area contributed by atoms with Crippen LogP contribution in [0.25, 0.3) is 0 Å². The molecule has 1 aliphatic rings. The summed E-state index contributed by atoms with van der Waals surface area (Å²) in [5.74, 6) is 1.03. The van der Waals surface area contributed by atoms with Gasteiger partial charge in [0, 0.05) is 46.0 Å². The summed E-state index contributed by atoms with van der Waals surface area (Å²) in [5.41, 5.74) is 0.890. The number of aromatic nitrogens is 4. The number of imidazole rings is 1. The van der Waals surface area contributed by atoms with E-state index in [1.807, 2.05) is 34.7 Å². The Labute approximate surface area is 142 Å². The number of hydrogen-bond donors (Lipinski definition) is 0. The van der Waals surface area contributed by atoms with Gasteiger partial charge in [0.2, 0.25) is 5.91 Å². The Morgan fingerprint density at radius 3 is 2.96 bits per heavy atom. The van der Waals surface area contributed by atoms with E-state index >= 15 is 0 Å². The van der Waals surface area contributed by atoms with Gasteiger partial charge >= 0.3 is 0 Å². The molecule has 0 saturated carbocycles. The van der Waals surface area contributed by atoms with Gasteiger partial charge in [0.05, 0.1) is 30.5 Å². The fourth-order valence-electron chi connectivity index (χ4n) is 3.09. The normalized spacial score (nSPS) is 17.2. The molecule has 128 valence electrons. The quantitative estimate of drug-likeness (QED) is 0.810. The van der Waals surface area contributed by atoms with E-state index in [9.17, 15) is 4.79 Å². The topological polar surface area (TPSA) is 67.2 Å². The molecule has 1 saturated heterocycles. The van der Waals surface area contributed by atoms with Crippen LogP contribution in [0.4, 0.5) is 5.82 Å². The van der Waals surface area contributed by atoms with Crippen LogP contribution in [-0.4, -0.2) is 51.0 Å². The Morgan fingerprint density at radius 2 is 2.21 bits per heavy atom. The minimum absolute atomic E-state index is 0.0538. The summed E-state index contributed by atoms with van der Waals surface area (Å²) >= 11 is 0. The Kier molecular flexibility index (Phi) is 5.08. The molecule has 0 unspecified atom stereocenters. The molecule has 2 aromatic rings. The predicted molar refractivity (Wildman–Crippen MR) is 91.5 cm³/mol. The largest absolute Gasteiger partial charge is 0.361 e. The van der Waals surface area contributed by atoms with E-state index in [1.54, 1.807) is 24.9 Å². The summed E-state index contributed by atoms with van der Waals surface area (Å²) in [4.78, 5) is 29.5. The highest BCUT2D eigenvalue weighted by Gasteiger charge is 2.30. The van der Waals surface area contributed by atoms with Gasteiger partial charge in [0.15, 0.2) is 0 Å². The Morgan fingerprint density at radius 1 is 1.33 bits per heavy atom. The second-order valence-electron chi connectivity index (χ2n) is 6.35. The van der Waals surface area contributed by atoms with Crippen molar-refractivity contribution in [2.75, 3.05) is 25.5 Å². The summed E-state index contributed by atoms with van der Waals surface area (Å²) in [6, 6.07) is 0.0538. The van der Waals surface area contributed by atoms with Crippen LogP contribution in [0.3, 0.4) is 0 Å². The van der Waals surface area contributed by atoms with Crippen molar-refractivity contribution in [2.24, 2.45) is 0 Å². The van der Waals surface area contributed by atoms with Crippen molar-refractivity contribution in [2.45, 2.75) is 38.3 Å². The lowest BCUT2D eigenvalue weighted by molar-refractivity contribution is -0.132. The van der Waals surface area contributed by atoms with Crippen molar-refractivity contribution >= 4 is 11.7 Å². The Balaban J connectivity index is 1.62. The monoisotopic (exact) mass is 328 g/mol. The minimum Gasteiger partial charge on any atom is -0.361 e. The maximum Gasteiger partial charge on any atom is 0.223 e. The Hall–Kier alpha value is -2.44. The molecule has 1 fully saturated rings. The van der Waals surface area contributed by atoms with Gasteiger partial charge in [-0.25, -0.2) is 9.97 Å². The summed E-state index contributed by atoms with van der Waals surface area (Å²) in [7, 11) is 3.89. The van der Waals surface area contributed by atoms with Crippen molar-refractivity contribution < 1.29 is 4.79 Å². The highest BCUT2D eigenvalue weighted by atomic mass is 16.2. The van der Waals surface area contributed by atoms with E-state index in [0.717, 1.165) is 43.9 Å². The first kappa shape index (κ1) is 16.4. The molecule has 24 heavy (non-hydrogen) atoms. The molecule has 0 aliphatic carbocycles. The van der Waals surface area contributed by atoms with Crippen LogP contribution >= 0.6 is 0 Å². The van der Waals surface area contributed by atoms with Gasteiger partial charge in [0.1, 0.15) is 5.82 Å².